The summed E-state index contributed by atoms with van der Waals surface area (Å²) in [6.45, 7) is 0.277. The molecule has 0 bridgehead atoms. The monoisotopic (exact) mass is 387 g/mol. The summed E-state index contributed by atoms with van der Waals surface area (Å²) in [5.74, 6) is -0.761. The summed E-state index contributed by atoms with van der Waals surface area (Å²) in [6, 6.07) is 27.4. The van der Waals surface area contributed by atoms with E-state index in [2.05, 4.69) is 17.4 Å². The topological polar surface area (TPSA) is 55.4 Å². The molecule has 0 aliphatic rings. The Morgan fingerprint density at radius 3 is 2.10 bits per heavy atom. The molecule has 148 valence electrons. The third-order valence-electron chi connectivity index (χ3n) is 4.62. The van der Waals surface area contributed by atoms with Gasteiger partial charge in [0.1, 0.15) is 0 Å². The number of benzene rings is 3. The second kappa shape index (κ2) is 10.8. The Bertz CT molecular complexity index is 923. The van der Waals surface area contributed by atoms with Gasteiger partial charge in [0, 0.05) is 6.54 Å². The van der Waals surface area contributed by atoms with Crippen molar-refractivity contribution in [3.63, 3.8) is 0 Å². The van der Waals surface area contributed by atoms with Gasteiger partial charge in [-0.3, -0.25) is 4.79 Å². The van der Waals surface area contributed by atoms with Crippen molar-refractivity contribution in [3.05, 3.63) is 107 Å². The Labute approximate surface area is 171 Å². The van der Waals surface area contributed by atoms with Crippen molar-refractivity contribution in [3.8, 4) is 0 Å². The van der Waals surface area contributed by atoms with E-state index in [9.17, 15) is 9.59 Å². The quantitative estimate of drug-likeness (QED) is 0.443. The van der Waals surface area contributed by atoms with Crippen LogP contribution in [-0.4, -0.2) is 25.0 Å². The fourth-order valence-electron chi connectivity index (χ4n) is 3.11. The number of hydrogen-bond acceptors (Lipinski definition) is 3. The SMILES string of the molecule is O=C(COC(=O)c1ccccc1Cc1ccccc1)NCCCc1ccccc1. The summed E-state index contributed by atoms with van der Waals surface area (Å²) >= 11 is 0. The fraction of sp³-hybridized carbons (Fsp3) is 0.200. The molecule has 0 spiro atoms. The third kappa shape index (κ3) is 6.61. The zero-order valence-corrected chi connectivity index (χ0v) is 16.3. The molecule has 0 atom stereocenters. The molecule has 4 heteroatoms. The van der Waals surface area contributed by atoms with E-state index in [-0.39, 0.29) is 12.5 Å². The summed E-state index contributed by atoms with van der Waals surface area (Å²) in [7, 11) is 0. The number of hydrogen-bond donors (Lipinski definition) is 1. The van der Waals surface area contributed by atoms with Crippen LogP contribution in [0.3, 0.4) is 0 Å². The van der Waals surface area contributed by atoms with Crippen LogP contribution in [0, 0.1) is 0 Å². The van der Waals surface area contributed by atoms with Gasteiger partial charge in [0.05, 0.1) is 5.56 Å². The number of amides is 1. The van der Waals surface area contributed by atoms with Crippen molar-refractivity contribution in [2.24, 2.45) is 0 Å². The maximum atomic E-state index is 12.5. The summed E-state index contributed by atoms with van der Waals surface area (Å²) in [6.07, 6.45) is 2.37. The lowest BCUT2D eigenvalue weighted by atomic mass is 10.00. The van der Waals surface area contributed by atoms with Crippen LogP contribution in [-0.2, 0) is 22.4 Å². The second-order valence-corrected chi connectivity index (χ2v) is 6.83. The van der Waals surface area contributed by atoms with Crippen LogP contribution in [0.4, 0.5) is 0 Å². The first-order valence-electron chi connectivity index (χ1n) is 9.82. The average Bonchev–Trinajstić information content (AvgIpc) is 2.77. The molecular weight excluding hydrogens is 362 g/mol. The molecule has 0 radical (unpaired) electrons. The molecule has 0 heterocycles. The number of ether oxygens (including phenoxy) is 1. The Morgan fingerprint density at radius 1 is 0.759 bits per heavy atom. The zero-order chi connectivity index (χ0) is 20.3. The summed E-state index contributed by atoms with van der Waals surface area (Å²) in [5.41, 5.74) is 3.73. The Balaban J connectivity index is 1.45. The zero-order valence-electron chi connectivity index (χ0n) is 16.3. The molecule has 3 aromatic rings. The molecule has 0 saturated heterocycles. The van der Waals surface area contributed by atoms with E-state index >= 15 is 0 Å². The number of esters is 1. The van der Waals surface area contributed by atoms with Crippen LogP contribution in [0.1, 0.15) is 33.5 Å². The van der Waals surface area contributed by atoms with Crippen molar-refractivity contribution in [1.82, 2.24) is 5.32 Å². The Morgan fingerprint density at radius 2 is 1.38 bits per heavy atom. The first-order valence-corrected chi connectivity index (χ1v) is 9.82. The molecule has 29 heavy (non-hydrogen) atoms. The van der Waals surface area contributed by atoms with E-state index < -0.39 is 5.97 Å². The molecule has 0 aliphatic heterocycles. The lowest BCUT2D eigenvalue weighted by molar-refractivity contribution is -0.124. The predicted molar refractivity (Wildman–Crippen MR) is 114 cm³/mol. The lowest BCUT2D eigenvalue weighted by Gasteiger charge is -2.10. The van der Waals surface area contributed by atoms with Gasteiger partial charge in [-0.1, -0.05) is 78.9 Å². The summed E-state index contributed by atoms with van der Waals surface area (Å²) in [4.78, 5) is 24.5. The van der Waals surface area contributed by atoms with E-state index in [0.717, 1.165) is 24.0 Å². The molecule has 0 aromatic heterocycles. The van der Waals surface area contributed by atoms with Gasteiger partial charge >= 0.3 is 5.97 Å². The second-order valence-electron chi connectivity index (χ2n) is 6.83. The minimum absolute atomic E-state index is 0.274. The van der Waals surface area contributed by atoms with Gasteiger partial charge in [0.15, 0.2) is 6.61 Å². The highest BCUT2D eigenvalue weighted by Gasteiger charge is 2.14. The third-order valence-corrected chi connectivity index (χ3v) is 4.62. The van der Waals surface area contributed by atoms with Gasteiger partial charge in [-0.2, -0.15) is 0 Å². The van der Waals surface area contributed by atoms with E-state index in [1.807, 2.05) is 60.7 Å². The smallest absolute Gasteiger partial charge is 0.338 e. The van der Waals surface area contributed by atoms with E-state index in [1.54, 1.807) is 12.1 Å². The van der Waals surface area contributed by atoms with Crippen molar-refractivity contribution in [2.75, 3.05) is 13.2 Å². The highest BCUT2D eigenvalue weighted by molar-refractivity contribution is 5.92. The molecular formula is C25H25NO3. The van der Waals surface area contributed by atoms with Gasteiger partial charge in [-0.05, 0) is 42.0 Å². The maximum absolute atomic E-state index is 12.5. The molecule has 0 aliphatic carbocycles. The maximum Gasteiger partial charge on any atom is 0.338 e. The summed E-state index contributed by atoms with van der Waals surface area (Å²) < 4.78 is 5.23. The number of nitrogens with one attached hydrogen (secondary N) is 1. The average molecular weight is 387 g/mol. The first kappa shape index (κ1) is 20.3. The molecule has 0 fully saturated rings. The molecule has 0 saturated carbocycles. The molecule has 1 amide bonds. The van der Waals surface area contributed by atoms with Crippen molar-refractivity contribution in [1.29, 1.82) is 0 Å². The summed E-state index contributed by atoms with van der Waals surface area (Å²) in [5, 5.41) is 2.80. The number of aryl methyl sites for hydroxylation is 1. The molecule has 1 N–H and O–H groups in total. The normalized spacial score (nSPS) is 10.3. The molecule has 0 unspecified atom stereocenters. The first-order chi connectivity index (χ1) is 14.2. The van der Waals surface area contributed by atoms with Gasteiger partial charge in [-0.25, -0.2) is 4.79 Å². The van der Waals surface area contributed by atoms with E-state index in [4.69, 9.17) is 4.74 Å². The van der Waals surface area contributed by atoms with Crippen LogP contribution < -0.4 is 5.32 Å². The molecule has 4 nitrogen and oxygen atoms in total. The van der Waals surface area contributed by atoms with Gasteiger partial charge in [-0.15, -0.1) is 0 Å². The highest BCUT2D eigenvalue weighted by atomic mass is 16.5. The van der Waals surface area contributed by atoms with Gasteiger partial charge in [0.25, 0.3) is 5.91 Å². The van der Waals surface area contributed by atoms with Crippen LogP contribution >= 0.6 is 0 Å². The van der Waals surface area contributed by atoms with Gasteiger partial charge < -0.3 is 10.1 Å². The number of carbonyl (C=O) groups is 2. The number of rotatable bonds is 9. The predicted octanol–water partition coefficient (Wildman–Crippen LogP) is 4.18. The van der Waals surface area contributed by atoms with E-state index in [1.165, 1.54) is 5.56 Å². The van der Waals surface area contributed by atoms with Gasteiger partial charge in [0.2, 0.25) is 0 Å². The molecule has 3 rings (SSSR count). The van der Waals surface area contributed by atoms with E-state index in [0.29, 0.717) is 18.5 Å². The molecule has 3 aromatic carbocycles. The fourth-order valence-corrected chi connectivity index (χ4v) is 3.11. The van der Waals surface area contributed by atoms with Crippen LogP contribution in [0.15, 0.2) is 84.9 Å². The van der Waals surface area contributed by atoms with Crippen LogP contribution in [0.2, 0.25) is 0 Å². The standard InChI is InChI=1S/C25H25NO3/c27-24(26-17-9-14-20-10-3-1-4-11-20)19-29-25(28)23-16-8-7-15-22(23)18-21-12-5-2-6-13-21/h1-8,10-13,15-16H,9,14,17-19H2,(H,26,27). The Hall–Kier alpha value is -3.40. The van der Waals surface area contributed by atoms with Crippen LogP contribution in [0.5, 0.6) is 0 Å². The minimum Gasteiger partial charge on any atom is -0.452 e. The number of carbonyl (C=O) groups excluding carboxylic acids is 2. The highest BCUT2D eigenvalue weighted by Crippen LogP contribution is 2.15. The minimum atomic E-state index is -0.476. The lowest BCUT2D eigenvalue weighted by Crippen LogP contribution is -2.30. The van der Waals surface area contributed by atoms with Crippen LogP contribution in [0.25, 0.3) is 0 Å². The Kier molecular flexibility index (Phi) is 7.58. The van der Waals surface area contributed by atoms with Crippen molar-refractivity contribution in [2.45, 2.75) is 19.3 Å². The van der Waals surface area contributed by atoms with Crippen molar-refractivity contribution >= 4 is 11.9 Å². The van der Waals surface area contributed by atoms with Crippen molar-refractivity contribution < 1.29 is 14.3 Å². The largest absolute Gasteiger partial charge is 0.452 e.